The van der Waals surface area contributed by atoms with Crippen LogP contribution in [0.1, 0.15) is 35.1 Å². The number of hydrogen-bond acceptors (Lipinski definition) is 9. The molecule has 10 heteroatoms. The van der Waals surface area contributed by atoms with E-state index in [1.165, 1.54) is 19.0 Å². The molecular formula is C24H28N2O8. The Bertz CT molecular complexity index is 1230. The van der Waals surface area contributed by atoms with Gasteiger partial charge in [-0.05, 0) is 50.6 Å². The van der Waals surface area contributed by atoms with E-state index in [2.05, 4.69) is 0 Å². The Kier molecular flexibility index (Phi) is 5.20. The lowest BCUT2D eigenvalue weighted by molar-refractivity contribution is -0.169. The smallest absolute Gasteiger partial charge is 0.255 e. The third-order valence-corrected chi connectivity index (χ3v) is 7.62. The molecule has 10 nitrogen and oxygen atoms in total. The monoisotopic (exact) mass is 472 g/mol. The first-order valence-electron chi connectivity index (χ1n) is 10.8. The molecule has 0 aromatic heterocycles. The van der Waals surface area contributed by atoms with Crippen LogP contribution < -0.4 is 5.73 Å². The van der Waals surface area contributed by atoms with Gasteiger partial charge in [-0.1, -0.05) is 13.0 Å². The number of likely N-dealkylation sites (N-methyl/N-ethyl adjacent to an activating group) is 1. The molecule has 1 aromatic carbocycles. The highest BCUT2D eigenvalue weighted by Crippen LogP contribution is 2.56. The zero-order valence-electron chi connectivity index (χ0n) is 19.4. The van der Waals surface area contributed by atoms with Crippen molar-refractivity contribution >= 4 is 23.2 Å². The summed E-state index contributed by atoms with van der Waals surface area (Å²) in [7, 11) is 2.93. The van der Waals surface area contributed by atoms with Gasteiger partial charge in [-0.25, -0.2) is 0 Å². The van der Waals surface area contributed by atoms with Crippen molar-refractivity contribution in [3.05, 3.63) is 45.2 Å². The molecule has 0 aliphatic heterocycles. The fourth-order valence-corrected chi connectivity index (χ4v) is 6.19. The maximum atomic E-state index is 13.8. The van der Waals surface area contributed by atoms with Gasteiger partial charge in [0.1, 0.15) is 22.8 Å². The van der Waals surface area contributed by atoms with Crippen LogP contribution in [0.25, 0.3) is 5.76 Å². The first kappa shape index (κ1) is 23.9. The predicted molar refractivity (Wildman–Crippen MR) is 120 cm³/mol. The number of aliphatic hydroxyl groups excluding tert-OH is 3. The maximum absolute atomic E-state index is 13.8. The van der Waals surface area contributed by atoms with Crippen LogP contribution in [0.2, 0.25) is 0 Å². The normalized spacial score (nSPS) is 33.1. The fourth-order valence-electron chi connectivity index (χ4n) is 6.19. The second kappa shape index (κ2) is 7.39. The number of phenols is 1. The minimum atomic E-state index is -2.90. The van der Waals surface area contributed by atoms with Gasteiger partial charge in [-0.3, -0.25) is 19.3 Å². The Balaban J connectivity index is 2.10. The van der Waals surface area contributed by atoms with Crippen molar-refractivity contribution in [2.24, 2.45) is 17.6 Å². The number of phenolic OH excluding ortho intramolecular Hbond substituents is 1. The number of hydrogen-bond donors (Lipinski definition) is 6. The molecule has 0 saturated heterocycles. The van der Waals surface area contributed by atoms with Gasteiger partial charge in [0.05, 0.1) is 23.6 Å². The second-order valence-electron chi connectivity index (χ2n) is 9.70. The molecule has 1 fully saturated rings. The lowest BCUT2D eigenvalue weighted by atomic mass is 9.54. The Morgan fingerprint density at radius 2 is 1.71 bits per heavy atom. The van der Waals surface area contributed by atoms with E-state index in [1.807, 2.05) is 0 Å². The van der Waals surface area contributed by atoms with Crippen LogP contribution in [-0.4, -0.2) is 79.7 Å². The second-order valence-corrected chi connectivity index (χ2v) is 9.70. The molecule has 182 valence electrons. The number of carbonyl (C=O) groups excluding carboxylic acids is 3. The number of carbonyl (C=O) groups is 3. The highest BCUT2D eigenvalue weighted by Gasteiger charge is 2.68. The molecule has 34 heavy (non-hydrogen) atoms. The summed E-state index contributed by atoms with van der Waals surface area (Å²) in [5.41, 5.74) is 2.75. The predicted octanol–water partition coefficient (Wildman–Crippen LogP) is 0.113. The summed E-state index contributed by atoms with van der Waals surface area (Å²) < 4.78 is 0. The van der Waals surface area contributed by atoms with Crippen LogP contribution in [0.15, 0.2) is 23.0 Å². The Hall–Kier alpha value is -3.21. The van der Waals surface area contributed by atoms with Crippen LogP contribution in [0.5, 0.6) is 5.75 Å². The van der Waals surface area contributed by atoms with E-state index in [-0.39, 0.29) is 11.3 Å². The van der Waals surface area contributed by atoms with Crippen molar-refractivity contribution in [2.75, 3.05) is 14.1 Å². The standard InChI is InChI=1S/C24H28N2O8/c1-7-6-8(2)17(27)12-10(7)9(3)11-13(18(12)28)21(31)24(34)15(19(11)29)16(26(4)5)20(30)14(22(24)32)23(25)33/h6,9,11,15-16,19,27-29,32,34H,1-5H3,(H2,25,33)/t9-,11+,15+,16-,19-,24-/m0/s1. The van der Waals surface area contributed by atoms with Crippen LogP contribution in [0, 0.1) is 25.7 Å². The van der Waals surface area contributed by atoms with Crippen molar-refractivity contribution < 1.29 is 39.9 Å². The number of ketones is 2. The van der Waals surface area contributed by atoms with E-state index < -0.39 is 75.6 Å². The molecule has 7 N–H and O–H groups in total. The molecule has 0 bridgehead atoms. The van der Waals surface area contributed by atoms with Crippen molar-refractivity contribution in [3.63, 3.8) is 0 Å². The first-order valence-corrected chi connectivity index (χ1v) is 10.8. The molecule has 1 amide bonds. The van der Waals surface area contributed by atoms with Gasteiger partial charge >= 0.3 is 0 Å². The van der Waals surface area contributed by atoms with Gasteiger partial charge < -0.3 is 31.3 Å². The largest absolute Gasteiger partial charge is 0.508 e. The highest BCUT2D eigenvalue weighted by molar-refractivity contribution is 6.24. The van der Waals surface area contributed by atoms with Gasteiger partial charge in [0, 0.05) is 11.5 Å². The van der Waals surface area contributed by atoms with E-state index in [1.54, 1.807) is 26.8 Å². The number of aliphatic hydroxyl groups is 4. The third-order valence-electron chi connectivity index (χ3n) is 7.62. The number of fused-ring (bicyclic) bond motifs is 3. The SMILES string of the molecule is Cc1cc(C)c2c(c1O)C(O)=C1C(=O)[C@]3(O)C(O)=C(C(N)=O)C(=O)[C@@H](N(C)C)[C@@H]3[C@@H](O)[C@@H]1[C@H]2C. The molecule has 4 rings (SSSR count). The van der Waals surface area contributed by atoms with Crippen molar-refractivity contribution in [2.45, 2.75) is 44.4 Å². The van der Waals surface area contributed by atoms with E-state index in [4.69, 9.17) is 5.73 Å². The van der Waals surface area contributed by atoms with Crippen molar-refractivity contribution in [1.82, 2.24) is 4.90 Å². The lowest BCUT2D eigenvalue weighted by Gasteiger charge is -2.53. The van der Waals surface area contributed by atoms with Crippen molar-refractivity contribution in [1.29, 1.82) is 0 Å². The summed E-state index contributed by atoms with van der Waals surface area (Å²) in [4.78, 5) is 40.3. The molecule has 0 unspecified atom stereocenters. The minimum Gasteiger partial charge on any atom is -0.508 e. The Morgan fingerprint density at radius 1 is 1.12 bits per heavy atom. The highest BCUT2D eigenvalue weighted by atomic mass is 16.4. The van der Waals surface area contributed by atoms with Crippen LogP contribution in [0.4, 0.5) is 0 Å². The third kappa shape index (κ3) is 2.70. The van der Waals surface area contributed by atoms with Crippen LogP contribution >= 0.6 is 0 Å². The Morgan fingerprint density at radius 3 is 2.24 bits per heavy atom. The molecule has 3 aliphatic rings. The number of Topliss-reactive ketones (excluding diaryl/α,β-unsaturated/α-hetero) is 2. The van der Waals surface area contributed by atoms with Crippen molar-refractivity contribution in [3.8, 4) is 5.75 Å². The average Bonchev–Trinajstić information content (AvgIpc) is 2.73. The molecule has 6 atom stereocenters. The zero-order valence-corrected chi connectivity index (χ0v) is 19.4. The maximum Gasteiger partial charge on any atom is 0.255 e. The summed E-state index contributed by atoms with van der Waals surface area (Å²) in [5.74, 6) is -8.82. The average molecular weight is 472 g/mol. The summed E-state index contributed by atoms with van der Waals surface area (Å²) in [6, 6.07) is 0.351. The fraction of sp³-hybridized carbons (Fsp3) is 0.458. The van der Waals surface area contributed by atoms with E-state index in [9.17, 15) is 39.9 Å². The number of nitrogens with zero attached hydrogens (tertiary/aromatic N) is 1. The van der Waals surface area contributed by atoms with E-state index in [0.29, 0.717) is 16.7 Å². The Labute approximate surface area is 195 Å². The summed E-state index contributed by atoms with van der Waals surface area (Å²) in [6.45, 7) is 5.10. The van der Waals surface area contributed by atoms with Gasteiger partial charge in [-0.2, -0.15) is 0 Å². The number of primary amides is 1. The minimum absolute atomic E-state index is 0.00786. The number of rotatable bonds is 2. The number of benzene rings is 1. The zero-order chi connectivity index (χ0) is 25.6. The number of amides is 1. The van der Waals surface area contributed by atoms with Crippen LogP contribution in [-0.2, 0) is 14.4 Å². The number of nitrogens with two attached hydrogens (primary N) is 1. The van der Waals surface area contributed by atoms with Gasteiger partial charge in [0.15, 0.2) is 11.4 Å². The lowest BCUT2D eigenvalue weighted by Crippen LogP contribution is -2.70. The molecular weight excluding hydrogens is 444 g/mol. The molecule has 3 aliphatic carbocycles. The summed E-state index contributed by atoms with van der Waals surface area (Å²) in [6.07, 6.45) is -1.60. The van der Waals surface area contributed by atoms with Gasteiger partial charge in [-0.15, -0.1) is 0 Å². The quantitative estimate of drug-likeness (QED) is 0.326. The first-order chi connectivity index (χ1) is 15.7. The van der Waals surface area contributed by atoms with Gasteiger partial charge in [0.25, 0.3) is 5.91 Å². The molecule has 1 saturated carbocycles. The molecule has 1 aromatic rings. The van der Waals surface area contributed by atoms with Gasteiger partial charge in [0.2, 0.25) is 5.78 Å². The number of aryl methyl sites for hydroxylation is 2. The van der Waals surface area contributed by atoms with E-state index >= 15 is 0 Å². The molecule has 0 spiro atoms. The van der Waals surface area contributed by atoms with Crippen LogP contribution in [0.3, 0.4) is 0 Å². The molecule has 0 radical (unpaired) electrons. The summed E-state index contributed by atoms with van der Waals surface area (Å²) in [5, 5.41) is 55.9. The van der Waals surface area contributed by atoms with E-state index in [0.717, 1.165) is 0 Å². The molecule has 0 heterocycles. The number of aromatic hydroxyl groups is 1. The topological polar surface area (TPSA) is 182 Å². The summed E-state index contributed by atoms with van der Waals surface area (Å²) >= 11 is 0.